The van der Waals surface area contributed by atoms with Gasteiger partial charge >= 0.3 is 5.97 Å². The molecular formula is C14H23NO3. The third kappa shape index (κ3) is 3.47. The lowest BCUT2D eigenvalue weighted by Gasteiger charge is -2.37. The van der Waals surface area contributed by atoms with Gasteiger partial charge in [-0.2, -0.15) is 0 Å². The van der Waals surface area contributed by atoms with Crippen molar-refractivity contribution in [3.05, 3.63) is 0 Å². The first kappa shape index (κ1) is 13.4. The maximum absolute atomic E-state index is 12.2. The van der Waals surface area contributed by atoms with Gasteiger partial charge in [-0.15, -0.1) is 0 Å². The van der Waals surface area contributed by atoms with E-state index in [4.69, 9.17) is 5.11 Å². The zero-order chi connectivity index (χ0) is 13.0. The minimum absolute atomic E-state index is 0.169. The molecule has 2 aliphatic rings. The number of amides is 1. The van der Waals surface area contributed by atoms with E-state index in [1.54, 1.807) is 0 Å². The van der Waals surface area contributed by atoms with Crippen LogP contribution in [0.4, 0.5) is 0 Å². The van der Waals surface area contributed by atoms with E-state index in [-0.39, 0.29) is 18.4 Å². The van der Waals surface area contributed by atoms with Gasteiger partial charge in [0.1, 0.15) is 0 Å². The van der Waals surface area contributed by atoms with Crippen molar-refractivity contribution in [2.24, 2.45) is 5.92 Å². The van der Waals surface area contributed by atoms with Crippen molar-refractivity contribution in [3.8, 4) is 0 Å². The summed E-state index contributed by atoms with van der Waals surface area (Å²) in [6, 6.07) is 0.169. The highest BCUT2D eigenvalue weighted by atomic mass is 16.4. The van der Waals surface area contributed by atoms with Gasteiger partial charge in [0.2, 0.25) is 5.91 Å². The molecule has 2 fully saturated rings. The lowest BCUT2D eigenvalue weighted by atomic mass is 9.82. The molecule has 1 saturated carbocycles. The van der Waals surface area contributed by atoms with E-state index < -0.39 is 5.97 Å². The molecule has 2 rings (SSSR count). The summed E-state index contributed by atoms with van der Waals surface area (Å²) in [4.78, 5) is 24.8. The number of rotatable bonds is 5. The van der Waals surface area contributed by atoms with Crippen LogP contribution in [0.2, 0.25) is 0 Å². The summed E-state index contributed by atoms with van der Waals surface area (Å²) in [7, 11) is 0. The van der Waals surface area contributed by atoms with E-state index in [1.165, 1.54) is 19.3 Å². The Labute approximate surface area is 108 Å². The van der Waals surface area contributed by atoms with Gasteiger partial charge < -0.3 is 10.0 Å². The molecule has 1 heterocycles. The van der Waals surface area contributed by atoms with Gasteiger partial charge in [-0.05, 0) is 44.4 Å². The molecule has 1 aliphatic carbocycles. The fourth-order valence-corrected chi connectivity index (χ4v) is 2.98. The maximum atomic E-state index is 12.2. The number of piperidine rings is 1. The zero-order valence-corrected chi connectivity index (χ0v) is 10.9. The highest BCUT2D eigenvalue weighted by molar-refractivity contribution is 5.77. The van der Waals surface area contributed by atoms with Crippen LogP contribution in [0.25, 0.3) is 0 Å². The number of carboxylic acids is 1. The molecule has 0 bridgehead atoms. The summed E-state index contributed by atoms with van der Waals surface area (Å²) >= 11 is 0. The second-order valence-electron chi connectivity index (χ2n) is 5.67. The molecule has 4 nitrogen and oxygen atoms in total. The summed E-state index contributed by atoms with van der Waals surface area (Å²) in [5.74, 6) is 0.0984. The van der Waals surface area contributed by atoms with Crippen LogP contribution in [0.1, 0.15) is 57.8 Å². The minimum Gasteiger partial charge on any atom is -0.481 e. The predicted octanol–water partition coefficient (Wildman–Crippen LogP) is 2.42. The van der Waals surface area contributed by atoms with Crippen molar-refractivity contribution >= 4 is 11.9 Å². The number of carboxylic acid groups (broad SMARTS) is 1. The molecule has 0 radical (unpaired) electrons. The molecule has 1 atom stereocenters. The smallest absolute Gasteiger partial charge is 0.303 e. The van der Waals surface area contributed by atoms with Gasteiger partial charge in [0.25, 0.3) is 0 Å². The van der Waals surface area contributed by atoms with Gasteiger partial charge in [-0.25, -0.2) is 0 Å². The molecule has 1 amide bonds. The second-order valence-corrected chi connectivity index (χ2v) is 5.67. The van der Waals surface area contributed by atoms with E-state index in [9.17, 15) is 9.59 Å². The SMILES string of the molecule is O=C(O)CCC1CCCCN1C(=O)CC1CCC1. The standard InChI is InChI=1S/C14H23NO3/c16-13(10-11-4-3-5-11)15-9-2-1-6-12(15)7-8-14(17)18/h11-12H,1-10H2,(H,17,18). The lowest BCUT2D eigenvalue weighted by Crippen LogP contribution is -2.44. The van der Waals surface area contributed by atoms with Crippen molar-refractivity contribution < 1.29 is 14.7 Å². The highest BCUT2D eigenvalue weighted by Crippen LogP contribution is 2.31. The molecule has 1 saturated heterocycles. The van der Waals surface area contributed by atoms with Crippen LogP contribution in [0.15, 0.2) is 0 Å². The Bertz CT molecular complexity index is 312. The van der Waals surface area contributed by atoms with E-state index in [2.05, 4.69) is 0 Å². The van der Waals surface area contributed by atoms with Gasteiger partial charge in [0.05, 0.1) is 0 Å². The van der Waals surface area contributed by atoms with Crippen molar-refractivity contribution in [2.45, 2.75) is 63.8 Å². The first-order valence-corrected chi connectivity index (χ1v) is 7.18. The zero-order valence-electron chi connectivity index (χ0n) is 10.9. The van der Waals surface area contributed by atoms with Gasteiger partial charge in [0, 0.05) is 25.4 Å². The Morgan fingerprint density at radius 2 is 1.89 bits per heavy atom. The van der Waals surface area contributed by atoms with E-state index in [1.807, 2.05) is 4.90 Å². The molecule has 0 aromatic carbocycles. The molecule has 1 unspecified atom stereocenters. The molecule has 0 spiro atoms. The quantitative estimate of drug-likeness (QED) is 0.818. The summed E-state index contributed by atoms with van der Waals surface area (Å²) in [5.41, 5.74) is 0. The molecular weight excluding hydrogens is 230 g/mol. The Balaban J connectivity index is 1.85. The average Bonchev–Trinajstić information content (AvgIpc) is 2.31. The fraction of sp³-hybridized carbons (Fsp3) is 0.857. The van der Waals surface area contributed by atoms with Crippen LogP contribution in [-0.4, -0.2) is 34.5 Å². The number of carbonyl (C=O) groups excluding carboxylic acids is 1. The Morgan fingerprint density at radius 3 is 2.50 bits per heavy atom. The number of nitrogens with zero attached hydrogens (tertiary/aromatic N) is 1. The first-order chi connectivity index (χ1) is 8.66. The van der Waals surface area contributed by atoms with Crippen LogP contribution in [0.5, 0.6) is 0 Å². The van der Waals surface area contributed by atoms with Crippen molar-refractivity contribution in [1.82, 2.24) is 4.90 Å². The molecule has 1 N–H and O–H groups in total. The maximum Gasteiger partial charge on any atom is 0.303 e. The average molecular weight is 253 g/mol. The summed E-state index contributed by atoms with van der Waals surface area (Å²) in [6.45, 7) is 0.829. The van der Waals surface area contributed by atoms with E-state index >= 15 is 0 Å². The van der Waals surface area contributed by atoms with Crippen LogP contribution in [0.3, 0.4) is 0 Å². The largest absolute Gasteiger partial charge is 0.481 e. The number of aliphatic carboxylic acids is 1. The van der Waals surface area contributed by atoms with Gasteiger partial charge in [0.15, 0.2) is 0 Å². The molecule has 0 aromatic heterocycles. The fourth-order valence-electron chi connectivity index (χ4n) is 2.98. The number of hydrogen-bond donors (Lipinski definition) is 1. The molecule has 102 valence electrons. The highest BCUT2D eigenvalue weighted by Gasteiger charge is 2.29. The molecule has 0 aromatic rings. The van der Waals surface area contributed by atoms with Gasteiger partial charge in [-0.3, -0.25) is 9.59 Å². The summed E-state index contributed by atoms with van der Waals surface area (Å²) < 4.78 is 0. The van der Waals surface area contributed by atoms with Crippen molar-refractivity contribution in [3.63, 3.8) is 0 Å². The van der Waals surface area contributed by atoms with Crippen LogP contribution >= 0.6 is 0 Å². The monoisotopic (exact) mass is 253 g/mol. The van der Waals surface area contributed by atoms with Crippen LogP contribution in [-0.2, 0) is 9.59 Å². The van der Waals surface area contributed by atoms with Crippen molar-refractivity contribution in [2.75, 3.05) is 6.54 Å². The summed E-state index contributed by atoms with van der Waals surface area (Å²) in [5, 5.41) is 8.76. The normalized spacial score (nSPS) is 24.7. The third-order valence-electron chi connectivity index (χ3n) is 4.33. The lowest BCUT2D eigenvalue weighted by molar-refractivity contribution is -0.140. The number of likely N-dealkylation sites (tertiary alicyclic amines) is 1. The molecule has 4 heteroatoms. The van der Waals surface area contributed by atoms with E-state index in [0.29, 0.717) is 18.8 Å². The van der Waals surface area contributed by atoms with Gasteiger partial charge in [-0.1, -0.05) is 6.42 Å². The van der Waals surface area contributed by atoms with E-state index in [0.717, 1.165) is 25.8 Å². The third-order valence-corrected chi connectivity index (χ3v) is 4.33. The van der Waals surface area contributed by atoms with Crippen LogP contribution in [0, 0.1) is 5.92 Å². The second kappa shape index (κ2) is 6.21. The predicted molar refractivity (Wildman–Crippen MR) is 68.2 cm³/mol. The molecule has 18 heavy (non-hydrogen) atoms. The number of hydrogen-bond acceptors (Lipinski definition) is 2. The molecule has 1 aliphatic heterocycles. The topological polar surface area (TPSA) is 57.6 Å². The first-order valence-electron chi connectivity index (χ1n) is 7.18. The minimum atomic E-state index is -0.757. The Kier molecular flexibility index (Phi) is 4.61. The van der Waals surface area contributed by atoms with Crippen LogP contribution < -0.4 is 0 Å². The Hall–Kier alpha value is -1.06. The Morgan fingerprint density at radius 1 is 1.11 bits per heavy atom. The number of carbonyl (C=O) groups is 2. The van der Waals surface area contributed by atoms with Crippen molar-refractivity contribution in [1.29, 1.82) is 0 Å². The summed E-state index contributed by atoms with van der Waals surface area (Å²) in [6.07, 6.45) is 8.30.